The maximum Gasteiger partial charge on any atom is 0.327 e. The number of halogens is 1. The molecule has 0 unspecified atom stereocenters. The average molecular weight is 441 g/mol. The highest BCUT2D eigenvalue weighted by atomic mass is 79.9. The second-order valence-electron chi connectivity index (χ2n) is 5.87. The summed E-state index contributed by atoms with van der Waals surface area (Å²) < 4.78 is 2.15. The van der Waals surface area contributed by atoms with Crippen LogP contribution in [0.4, 0.5) is 0 Å². The van der Waals surface area contributed by atoms with Crippen molar-refractivity contribution in [1.82, 2.24) is 4.57 Å². The lowest BCUT2D eigenvalue weighted by Gasteiger charge is -2.18. The van der Waals surface area contributed by atoms with Crippen molar-refractivity contribution in [3.8, 4) is 5.88 Å². The molecule has 1 amide bonds. The van der Waals surface area contributed by atoms with Gasteiger partial charge in [-0.25, -0.2) is 9.79 Å². The molecule has 0 saturated carbocycles. The van der Waals surface area contributed by atoms with Crippen molar-refractivity contribution in [1.29, 1.82) is 0 Å². The van der Waals surface area contributed by atoms with Gasteiger partial charge in [0, 0.05) is 9.69 Å². The molecule has 2 aromatic rings. The summed E-state index contributed by atoms with van der Waals surface area (Å²) in [6, 6.07) is 4.19. The molecule has 2 heterocycles. The van der Waals surface area contributed by atoms with E-state index >= 15 is 0 Å². The Labute approximate surface area is 159 Å². The van der Waals surface area contributed by atoms with Gasteiger partial charge in [0.05, 0.1) is 10.9 Å². The first kappa shape index (κ1) is 18.0. The number of carbonyl (C=O) groups excluding carboxylic acids is 1. The smallest absolute Gasteiger partial charge is 0.327 e. The van der Waals surface area contributed by atoms with E-state index in [2.05, 4.69) is 20.9 Å². The van der Waals surface area contributed by atoms with E-state index in [-0.39, 0.29) is 26.2 Å². The number of nitrogens with zero attached hydrogens (tertiary/aromatic N) is 2. The summed E-state index contributed by atoms with van der Waals surface area (Å²) in [5.41, 5.74) is 0.233. The lowest BCUT2D eigenvalue weighted by molar-refractivity contribution is -0.142. The molecule has 25 heavy (non-hydrogen) atoms. The Morgan fingerprint density at radius 2 is 2.08 bits per heavy atom. The van der Waals surface area contributed by atoms with Crippen molar-refractivity contribution in [2.45, 2.75) is 19.9 Å². The minimum atomic E-state index is -1.10. The normalized spacial score (nSPS) is 14.6. The van der Waals surface area contributed by atoms with Crippen LogP contribution in [0.15, 0.2) is 27.7 Å². The molecule has 1 atom stereocenters. The summed E-state index contributed by atoms with van der Waals surface area (Å²) in [5.74, 6) is -2.19. The monoisotopic (exact) mass is 440 g/mol. The van der Waals surface area contributed by atoms with E-state index < -0.39 is 17.9 Å². The van der Waals surface area contributed by atoms with Crippen molar-refractivity contribution >= 4 is 56.9 Å². The van der Waals surface area contributed by atoms with Crippen LogP contribution in [-0.2, 0) is 9.59 Å². The molecule has 0 radical (unpaired) electrons. The predicted molar refractivity (Wildman–Crippen MR) is 98.8 cm³/mol. The highest BCUT2D eigenvalue weighted by Gasteiger charge is 2.31. The molecule has 0 aliphatic carbocycles. The molecule has 9 heteroatoms. The molecule has 1 aliphatic heterocycles. The van der Waals surface area contributed by atoms with Crippen LogP contribution >= 0.6 is 39.5 Å². The molecule has 130 valence electrons. The van der Waals surface area contributed by atoms with Crippen molar-refractivity contribution in [2.24, 2.45) is 10.9 Å². The number of benzene rings is 1. The number of carboxylic acids is 1. The molecule has 1 aliphatic rings. The number of hydrogen-bond donors (Lipinski definition) is 2. The quantitative estimate of drug-likeness (QED) is 0.711. The Kier molecular flexibility index (Phi) is 4.65. The topological polar surface area (TPSA) is 91.9 Å². The lowest BCUT2D eigenvalue weighted by Crippen LogP contribution is -2.24. The first-order valence-electron chi connectivity index (χ1n) is 7.32. The Morgan fingerprint density at radius 1 is 1.40 bits per heavy atom. The third-order valence-electron chi connectivity index (χ3n) is 3.87. The fourth-order valence-corrected chi connectivity index (χ4v) is 4.56. The van der Waals surface area contributed by atoms with Gasteiger partial charge in [-0.3, -0.25) is 9.36 Å². The number of thiazole rings is 1. The van der Waals surface area contributed by atoms with Crippen molar-refractivity contribution in [2.75, 3.05) is 0 Å². The largest absolute Gasteiger partial charge is 0.493 e. The first-order chi connectivity index (χ1) is 11.7. The second kappa shape index (κ2) is 6.47. The highest BCUT2D eigenvalue weighted by molar-refractivity contribution is 9.10. The van der Waals surface area contributed by atoms with Gasteiger partial charge in [0.25, 0.3) is 5.91 Å². The zero-order valence-electron chi connectivity index (χ0n) is 13.2. The summed E-state index contributed by atoms with van der Waals surface area (Å²) >= 11 is 9.63. The van der Waals surface area contributed by atoms with Gasteiger partial charge >= 0.3 is 5.97 Å². The van der Waals surface area contributed by atoms with Crippen LogP contribution < -0.4 is 10.6 Å². The van der Waals surface area contributed by atoms with Gasteiger partial charge in [-0.2, -0.15) is 0 Å². The summed E-state index contributed by atoms with van der Waals surface area (Å²) in [6.45, 7) is 3.46. The van der Waals surface area contributed by atoms with E-state index in [1.807, 2.05) is 0 Å². The Hall–Kier alpha value is -1.84. The number of aromatic nitrogens is 1. The predicted octanol–water partition coefficient (Wildman–Crippen LogP) is 2.39. The van der Waals surface area contributed by atoms with Crippen LogP contribution in [0.1, 0.15) is 24.8 Å². The Morgan fingerprint density at radius 3 is 2.68 bits per heavy atom. The summed E-state index contributed by atoms with van der Waals surface area (Å²) in [7, 11) is 0. The molecule has 1 aromatic heterocycles. The number of hydrogen-bond acceptors (Lipinski definition) is 5. The molecular formula is C16H13BrN2O4S2. The minimum Gasteiger partial charge on any atom is -0.493 e. The third kappa shape index (κ3) is 2.96. The SMILES string of the molecule is CC(C)[C@H](C(=O)O)n1c(O)c(C2=c3cc(Br)ccc3=NC2=O)sc1=S. The van der Waals surface area contributed by atoms with Crippen LogP contribution in [0.3, 0.4) is 0 Å². The van der Waals surface area contributed by atoms with Gasteiger partial charge in [0.1, 0.15) is 10.9 Å². The van der Waals surface area contributed by atoms with Crippen molar-refractivity contribution in [3.63, 3.8) is 0 Å². The number of aliphatic carboxylic acids is 1. The standard InChI is InChI=1S/C16H13BrN2O4S2/c1-6(2)11(15(22)23)19-14(21)12(25-16(19)24)10-8-5-7(17)3-4-9(8)18-13(10)20/h3-6,11,21H,1-2H3,(H,22,23)/t11-/m1/s1. The molecule has 6 nitrogen and oxygen atoms in total. The molecular weight excluding hydrogens is 428 g/mol. The van der Waals surface area contributed by atoms with Gasteiger partial charge < -0.3 is 10.2 Å². The van der Waals surface area contributed by atoms with Gasteiger partial charge in [-0.1, -0.05) is 29.8 Å². The van der Waals surface area contributed by atoms with Gasteiger partial charge in [0.2, 0.25) is 5.88 Å². The van der Waals surface area contributed by atoms with E-state index in [1.165, 1.54) is 4.57 Å². The molecule has 3 rings (SSSR count). The zero-order valence-corrected chi connectivity index (χ0v) is 16.4. The van der Waals surface area contributed by atoms with Crippen molar-refractivity contribution in [3.05, 3.63) is 42.1 Å². The van der Waals surface area contributed by atoms with E-state index in [0.717, 1.165) is 15.8 Å². The van der Waals surface area contributed by atoms with Crippen LogP contribution in [0.5, 0.6) is 5.88 Å². The second-order valence-corrected chi connectivity index (χ2v) is 8.43. The maximum atomic E-state index is 12.4. The molecule has 0 fully saturated rings. The fourth-order valence-electron chi connectivity index (χ4n) is 2.79. The first-order valence-corrected chi connectivity index (χ1v) is 9.34. The zero-order chi connectivity index (χ0) is 18.5. The summed E-state index contributed by atoms with van der Waals surface area (Å²) in [4.78, 5) is 28.2. The van der Waals surface area contributed by atoms with Crippen LogP contribution in [0.25, 0.3) is 5.57 Å². The number of carboxylic acid groups (broad SMARTS) is 1. The number of rotatable bonds is 4. The van der Waals surface area contributed by atoms with Gasteiger partial charge in [-0.15, -0.1) is 11.3 Å². The van der Waals surface area contributed by atoms with Gasteiger partial charge in [0.15, 0.2) is 3.95 Å². The van der Waals surface area contributed by atoms with E-state index in [4.69, 9.17) is 12.2 Å². The molecule has 2 N–H and O–H groups in total. The van der Waals surface area contributed by atoms with E-state index in [1.54, 1.807) is 32.0 Å². The Bertz CT molecular complexity index is 1080. The average Bonchev–Trinajstić information content (AvgIpc) is 2.96. The molecule has 0 saturated heterocycles. The summed E-state index contributed by atoms with van der Waals surface area (Å²) in [5, 5.41) is 21.2. The van der Waals surface area contributed by atoms with Crippen molar-refractivity contribution < 1.29 is 19.8 Å². The number of amides is 1. The minimum absolute atomic E-state index is 0.192. The van der Waals surface area contributed by atoms with Gasteiger partial charge in [-0.05, 0) is 36.3 Å². The van der Waals surface area contributed by atoms with Crippen LogP contribution in [0, 0.1) is 9.87 Å². The number of fused-ring (bicyclic) bond motifs is 1. The third-order valence-corrected chi connectivity index (χ3v) is 5.77. The molecule has 1 aromatic carbocycles. The van der Waals surface area contributed by atoms with E-state index in [9.17, 15) is 19.8 Å². The fraction of sp³-hybridized carbons (Fsp3) is 0.250. The molecule has 0 spiro atoms. The lowest BCUT2D eigenvalue weighted by atomic mass is 10.0. The number of carbonyl (C=O) groups is 2. The highest BCUT2D eigenvalue weighted by Crippen LogP contribution is 2.36. The van der Waals surface area contributed by atoms with Crippen LogP contribution in [0.2, 0.25) is 0 Å². The number of aromatic hydroxyl groups is 1. The summed E-state index contributed by atoms with van der Waals surface area (Å²) in [6.07, 6.45) is 0. The van der Waals surface area contributed by atoms with E-state index in [0.29, 0.717) is 10.6 Å². The maximum absolute atomic E-state index is 12.4. The molecule has 0 bridgehead atoms. The Balaban J connectivity index is 2.32. The van der Waals surface area contributed by atoms with Crippen LogP contribution in [-0.4, -0.2) is 26.7 Å².